The molecular weight excluding hydrogens is 443 g/mol. The highest BCUT2D eigenvalue weighted by Gasteiger charge is 2.18. The maximum atomic E-state index is 13.4. The van der Waals surface area contributed by atoms with E-state index in [2.05, 4.69) is 10.3 Å². The molecular formula is C27H23FN6O. The second-order valence-electron chi connectivity index (χ2n) is 8.30. The molecule has 35 heavy (non-hydrogen) atoms. The molecule has 3 aromatic heterocycles. The highest BCUT2D eigenvalue weighted by molar-refractivity contribution is 5.94. The number of nitrogens with two attached hydrogens (primary N) is 1. The molecule has 0 unspecified atom stereocenters. The fourth-order valence-corrected chi connectivity index (χ4v) is 3.90. The molecule has 8 heteroatoms. The number of carbonyl (C=O) groups is 1. The van der Waals surface area contributed by atoms with Gasteiger partial charge in [0.05, 0.1) is 5.56 Å². The van der Waals surface area contributed by atoms with Crippen LogP contribution in [0.5, 0.6) is 0 Å². The van der Waals surface area contributed by atoms with Crippen molar-refractivity contribution in [2.75, 3.05) is 5.73 Å². The average Bonchev–Trinajstić information content (AvgIpc) is 3.21. The number of hydrogen-bond donors (Lipinski definition) is 2. The SMILES string of the molecule is Cc1cc2nc(-c3cccnc3N)n(-c3ccc(CNC(=O)c4cccc(F)c4)cc3)c2nc1C. The molecule has 1 amide bonds. The van der Waals surface area contributed by atoms with Crippen LogP contribution in [0.15, 0.2) is 72.9 Å². The van der Waals surface area contributed by atoms with Gasteiger partial charge in [-0.25, -0.2) is 19.3 Å². The number of rotatable bonds is 5. The molecule has 174 valence electrons. The van der Waals surface area contributed by atoms with E-state index < -0.39 is 5.82 Å². The van der Waals surface area contributed by atoms with Gasteiger partial charge in [0.15, 0.2) is 11.5 Å². The largest absolute Gasteiger partial charge is 0.383 e. The molecule has 3 heterocycles. The van der Waals surface area contributed by atoms with Crippen LogP contribution in [0.4, 0.5) is 10.2 Å². The first-order valence-electron chi connectivity index (χ1n) is 11.1. The van der Waals surface area contributed by atoms with Crippen LogP contribution in [-0.4, -0.2) is 25.4 Å². The summed E-state index contributed by atoms with van der Waals surface area (Å²) in [6.07, 6.45) is 1.64. The smallest absolute Gasteiger partial charge is 0.251 e. The number of aromatic nitrogens is 4. The van der Waals surface area contributed by atoms with Crippen LogP contribution in [0.1, 0.15) is 27.2 Å². The van der Waals surface area contributed by atoms with Crippen molar-refractivity contribution in [3.63, 3.8) is 0 Å². The summed E-state index contributed by atoms with van der Waals surface area (Å²) in [5, 5.41) is 2.82. The Labute approximate surface area is 201 Å². The minimum absolute atomic E-state index is 0.280. The number of nitrogen functional groups attached to an aromatic ring is 1. The highest BCUT2D eigenvalue weighted by Crippen LogP contribution is 2.31. The quantitative estimate of drug-likeness (QED) is 0.389. The number of pyridine rings is 2. The van der Waals surface area contributed by atoms with Gasteiger partial charge in [-0.2, -0.15) is 0 Å². The van der Waals surface area contributed by atoms with Gasteiger partial charge >= 0.3 is 0 Å². The van der Waals surface area contributed by atoms with Gasteiger partial charge in [-0.15, -0.1) is 0 Å². The number of nitrogens with one attached hydrogen (secondary N) is 1. The summed E-state index contributed by atoms with van der Waals surface area (Å²) in [7, 11) is 0. The lowest BCUT2D eigenvalue weighted by Gasteiger charge is -2.12. The van der Waals surface area contributed by atoms with E-state index in [-0.39, 0.29) is 11.5 Å². The number of aryl methyl sites for hydroxylation is 2. The first-order chi connectivity index (χ1) is 16.9. The first kappa shape index (κ1) is 22.2. The van der Waals surface area contributed by atoms with Crippen molar-refractivity contribution < 1.29 is 9.18 Å². The third-order valence-corrected chi connectivity index (χ3v) is 5.89. The third-order valence-electron chi connectivity index (χ3n) is 5.89. The topological polar surface area (TPSA) is 98.7 Å². The Morgan fingerprint density at radius 3 is 2.57 bits per heavy atom. The van der Waals surface area contributed by atoms with Crippen molar-refractivity contribution in [3.8, 4) is 17.1 Å². The Morgan fingerprint density at radius 1 is 1.03 bits per heavy atom. The molecule has 0 atom stereocenters. The van der Waals surface area contributed by atoms with Gasteiger partial charge in [0.1, 0.15) is 17.2 Å². The molecule has 0 saturated carbocycles. The van der Waals surface area contributed by atoms with E-state index in [1.165, 1.54) is 18.2 Å². The maximum Gasteiger partial charge on any atom is 0.251 e. The number of nitrogens with zero attached hydrogens (tertiary/aromatic N) is 4. The van der Waals surface area contributed by atoms with E-state index in [4.69, 9.17) is 15.7 Å². The van der Waals surface area contributed by atoms with Gasteiger partial charge in [0.2, 0.25) is 0 Å². The van der Waals surface area contributed by atoms with Crippen molar-refractivity contribution in [1.82, 2.24) is 24.8 Å². The summed E-state index contributed by atoms with van der Waals surface area (Å²) >= 11 is 0. The summed E-state index contributed by atoms with van der Waals surface area (Å²) in [4.78, 5) is 26.2. The molecule has 0 radical (unpaired) electrons. The molecule has 0 saturated heterocycles. The Hall–Kier alpha value is -4.59. The lowest BCUT2D eigenvalue weighted by Crippen LogP contribution is -2.22. The minimum atomic E-state index is -0.446. The van der Waals surface area contributed by atoms with Crippen LogP contribution < -0.4 is 11.1 Å². The van der Waals surface area contributed by atoms with Gasteiger partial charge in [-0.05, 0) is 73.5 Å². The summed E-state index contributed by atoms with van der Waals surface area (Å²) in [5.74, 6) is 0.252. The molecule has 0 aliphatic carbocycles. The predicted octanol–water partition coefficient (Wildman–Crippen LogP) is 4.75. The lowest BCUT2D eigenvalue weighted by atomic mass is 10.1. The molecule has 0 fully saturated rings. The van der Waals surface area contributed by atoms with Crippen LogP contribution in [0, 0.1) is 19.7 Å². The van der Waals surface area contributed by atoms with E-state index in [0.717, 1.165) is 33.7 Å². The Balaban J connectivity index is 1.49. The van der Waals surface area contributed by atoms with Crippen molar-refractivity contribution in [2.45, 2.75) is 20.4 Å². The number of anilines is 1. The summed E-state index contributed by atoms with van der Waals surface area (Å²) in [6.45, 7) is 4.28. The highest BCUT2D eigenvalue weighted by atomic mass is 19.1. The molecule has 0 spiro atoms. The van der Waals surface area contributed by atoms with E-state index in [1.807, 2.05) is 60.9 Å². The molecule has 0 aliphatic rings. The third kappa shape index (κ3) is 4.33. The summed E-state index contributed by atoms with van der Waals surface area (Å²) in [6, 6.07) is 19.1. The van der Waals surface area contributed by atoms with Crippen LogP contribution >= 0.6 is 0 Å². The number of fused-ring (bicyclic) bond motifs is 1. The fraction of sp³-hybridized carbons (Fsp3) is 0.111. The van der Waals surface area contributed by atoms with Gasteiger partial charge in [-0.1, -0.05) is 18.2 Å². The normalized spacial score (nSPS) is 11.1. The van der Waals surface area contributed by atoms with Gasteiger partial charge in [-0.3, -0.25) is 9.36 Å². The number of carbonyl (C=O) groups excluding carboxylic acids is 1. The zero-order valence-electron chi connectivity index (χ0n) is 19.3. The van der Waals surface area contributed by atoms with Crippen molar-refractivity contribution in [1.29, 1.82) is 0 Å². The summed E-state index contributed by atoms with van der Waals surface area (Å²) in [5.41, 5.74) is 12.4. The van der Waals surface area contributed by atoms with Gasteiger partial charge < -0.3 is 11.1 Å². The first-order valence-corrected chi connectivity index (χ1v) is 11.1. The van der Waals surface area contributed by atoms with Gasteiger partial charge in [0.25, 0.3) is 5.91 Å². The Bertz CT molecular complexity index is 1560. The Kier molecular flexibility index (Phi) is 5.70. The standard InChI is InChI=1S/C27H23FN6O/c1-16-13-23-26(32-17(16)2)34(25(33-23)22-7-4-12-30-24(22)29)21-10-8-18(9-11-21)15-31-27(35)19-5-3-6-20(28)14-19/h3-14H,15H2,1-2H3,(H2,29,30)(H,31,35). The molecule has 5 rings (SSSR count). The molecule has 0 bridgehead atoms. The lowest BCUT2D eigenvalue weighted by molar-refractivity contribution is 0.0950. The van der Waals surface area contributed by atoms with Crippen LogP contribution in [-0.2, 0) is 6.54 Å². The zero-order valence-corrected chi connectivity index (χ0v) is 19.3. The summed E-state index contributed by atoms with van der Waals surface area (Å²) < 4.78 is 15.4. The maximum absolute atomic E-state index is 13.4. The molecule has 3 N–H and O–H groups in total. The van der Waals surface area contributed by atoms with E-state index >= 15 is 0 Å². The second kappa shape index (κ2) is 8.98. The van der Waals surface area contributed by atoms with Crippen LogP contribution in [0.25, 0.3) is 28.2 Å². The Morgan fingerprint density at radius 2 is 1.83 bits per heavy atom. The van der Waals surface area contributed by atoms with E-state index in [0.29, 0.717) is 23.8 Å². The molecule has 7 nitrogen and oxygen atoms in total. The second-order valence-corrected chi connectivity index (χ2v) is 8.30. The molecule has 2 aromatic carbocycles. The molecule has 5 aromatic rings. The van der Waals surface area contributed by atoms with Crippen molar-refractivity contribution >= 4 is 22.9 Å². The van der Waals surface area contributed by atoms with Gasteiger partial charge in [0, 0.05) is 29.7 Å². The number of hydrogen-bond acceptors (Lipinski definition) is 5. The molecule has 0 aliphatic heterocycles. The number of halogens is 1. The average molecular weight is 467 g/mol. The van der Waals surface area contributed by atoms with Crippen molar-refractivity contribution in [2.24, 2.45) is 0 Å². The minimum Gasteiger partial charge on any atom is -0.383 e. The fourth-order valence-electron chi connectivity index (χ4n) is 3.90. The number of amides is 1. The predicted molar refractivity (Wildman–Crippen MR) is 134 cm³/mol. The van der Waals surface area contributed by atoms with Crippen LogP contribution in [0.2, 0.25) is 0 Å². The van der Waals surface area contributed by atoms with E-state index in [1.54, 1.807) is 12.3 Å². The monoisotopic (exact) mass is 466 g/mol. The number of imidazole rings is 1. The van der Waals surface area contributed by atoms with Crippen molar-refractivity contribution in [3.05, 3.63) is 101 Å². The van der Waals surface area contributed by atoms with E-state index in [9.17, 15) is 9.18 Å². The number of benzene rings is 2. The van der Waals surface area contributed by atoms with Crippen LogP contribution in [0.3, 0.4) is 0 Å². The zero-order chi connectivity index (χ0) is 24.5.